The van der Waals surface area contributed by atoms with Crippen molar-refractivity contribution in [1.29, 1.82) is 0 Å². The number of para-hydroxylation sites is 1. The van der Waals surface area contributed by atoms with Gasteiger partial charge in [0.05, 0.1) is 0 Å². The van der Waals surface area contributed by atoms with Gasteiger partial charge in [0, 0.05) is 31.2 Å². The molecular formula is C18H30N4O. The molecule has 3 N–H and O–H groups in total. The molecule has 1 aliphatic heterocycles. The Kier molecular flexibility index (Phi) is 6.86. The van der Waals surface area contributed by atoms with Crippen LogP contribution in [0.25, 0.3) is 0 Å². The second-order valence-corrected chi connectivity index (χ2v) is 6.59. The van der Waals surface area contributed by atoms with Crippen LogP contribution in [0.4, 0.5) is 5.69 Å². The van der Waals surface area contributed by atoms with Crippen molar-refractivity contribution in [1.82, 2.24) is 15.1 Å². The molecule has 0 radical (unpaired) electrons. The summed E-state index contributed by atoms with van der Waals surface area (Å²) in [7, 11) is 4.31. The maximum absolute atomic E-state index is 11.9. The van der Waals surface area contributed by atoms with E-state index in [-0.39, 0.29) is 5.91 Å². The van der Waals surface area contributed by atoms with Gasteiger partial charge in [0.2, 0.25) is 5.91 Å². The Labute approximate surface area is 139 Å². The number of rotatable bonds is 7. The number of nitrogens with two attached hydrogens (primary N) is 1. The molecule has 1 heterocycles. The maximum atomic E-state index is 11.9. The lowest BCUT2D eigenvalue weighted by atomic mass is 10.0. The third kappa shape index (κ3) is 5.84. The number of carbonyl (C=O) groups is 1. The Hall–Kier alpha value is -1.59. The molecule has 1 saturated heterocycles. The van der Waals surface area contributed by atoms with Crippen LogP contribution in [0, 0.1) is 0 Å². The lowest BCUT2D eigenvalue weighted by Crippen LogP contribution is -2.44. The predicted molar refractivity (Wildman–Crippen MR) is 95.3 cm³/mol. The van der Waals surface area contributed by atoms with Gasteiger partial charge in [0.25, 0.3) is 0 Å². The molecule has 1 amide bonds. The van der Waals surface area contributed by atoms with Crippen molar-refractivity contribution in [2.24, 2.45) is 0 Å². The number of nitrogen functional groups attached to an aromatic ring is 1. The molecule has 0 unspecified atom stereocenters. The van der Waals surface area contributed by atoms with Crippen LogP contribution in [0.2, 0.25) is 0 Å². The van der Waals surface area contributed by atoms with Gasteiger partial charge in [-0.15, -0.1) is 0 Å². The normalized spacial score (nSPS) is 16.7. The van der Waals surface area contributed by atoms with Crippen LogP contribution in [0.1, 0.15) is 24.8 Å². The van der Waals surface area contributed by atoms with E-state index in [0.717, 1.165) is 37.4 Å². The van der Waals surface area contributed by atoms with E-state index in [1.807, 2.05) is 24.3 Å². The van der Waals surface area contributed by atoms with E-state index in [1.54, 1.807) is 0 Å². The molecule has 1 aromatic rings. The topological polar surface area (TPSA) is 61.6 Å². The van der Waals surface area contributed by atoms with Crippen LogP contribution in [0.5, 0.6) is 0 Å². The molecule has 0 bridgehead atoms. The summed E-state index contributed by atoms with van der Waals surface area (Å²) in [5, 5.41) is 3.02. The first-order chi connectivity index (χ1) is 11.1. The number of carbonyl (C=O) groups excluding carboxylic acids is 1. The Morgan fingerprint density at radius 1 is 1.30 bits per heavy atom. The lowest BCUT2D eigenvalue weighted by Gasteiger charge is -2.35. The lowest BCUT2D eigenvalue weighted by molar-refractivity contribution is -0.121. The van der Waals surface area contributed by atoms with Crippen LogP contribution in [-0.4, -0.2) is 62.0 Å². The predicted octanol–water partition coefficient (Wildman–Crippen LogP) is 1.34. The summed E-state index contributed by atoms with van der Waals surface area (Å²) in [6.07, 6.45) is 3.63. The average molecular weight is 318 g/mol. The summed E-state index contributed by atoms with van der Waals surface area (Å²) in [6.45, 7) is 3.92. The quantitative estimate of drug-likeness (QED) is 0.745. The van der Waals surface area contributed by atoms with E-state index in [1.165, 1.54) is 12.8 Å². The number of nitrogens with one attached hydrogen (secondary N) is 1. The summed E-state index contributed by atoms with van der Waals surface area (Å²) in [6, 6.07) is 8.44. The summed E-state index contributed by atoms with van der Waals surface area (Å²) in [4.78, 5) is 16.7. The van der Waals surface area contributed by atoms with E-state index in [0.29, 0.717) is 18.9 Å². The highest BCUT2D eigenvalue weighted by molar-refractivity contribution is 5.76. The third-order valence-electron chi connectivity index (χ3n) is 4.71. The van der Waals surface area contributed by atoms with Gasteiger partial charge < -0.3 is 20.9 Å². The molecule has 1 aliphatic rings. The first-order valence-corrected chi connectivity index (χ1v) is 8.55. The highest BCUT2D eigenvalue weighted by atomic mass is 16.1. The molecule has 2 rings (SSSR count). The minimum atomic E-state index is 0.108. The fourth-order valence-electron chi connectivity index (χ4n) is 3.11. The van der Waals surface area contributed by atoms with E-state index in [9.17, 15) is 4.79 Å². The number of anilines is 1. The van der Waals surface area contributed by atoms with Crippen molar-refractivity contribution in [3.8, 4) is 0 Å². The monoisotopic (exact) mass is 318 g/mol. The number of amides is 1. The van der Waals surface area contributed by atoms with Gasteiger partial charge in [0.15, 0.2) is 0 Å². The summed E-state index contributed by atoms with van der Waals surface area (Å²) in [5.74, 6) is 0.108. The highest BCUT2D eigenvalue weighted by Crippen LogP contribution is 2.14. The number of benzene rings is 1. The van der Waals surface area contributed by atoms with Gasteiger partial charge in [-0.1, -0.05) is 18.2 Å². The molecule has 128 valence electrons. The second kappa shape index (κ2) is 8.89. The summed E-state index contributed by atoms with van der Waals surface area (Å²) in [5.41, 5.74) is 7.71. The zero-order valence-electron chi connectivity index (χ0n) is 14.4. The number of likely N-dealkylation sites (tertiary alicyclic amines) is 1. The van der Waals surface area contributed by atoms with E-state index >= 15 is 0 Å². The fraction of sp³-hybridized carbons (Fsp3) is 0.611. The van der Waals surface area contributed by atoms with Crippen LogP contribution >= 0.6 is 0 Å². The second-order valence-electron chi connectivity index (χ2n) is 6.59. The molecule has 0 aromatic heterocycles. The van der Waals surface area contributed by atoms with Crippen molar-refractivity contribution in [3.05, 3.63) is 29.8 Å². The van der Waals surface area contributed by atoms with Gasteiger partial charge in [-0.25, -0.2) is 0 Å². The number of piperidine rings is 1. The van der Waals surface area contributed by atoms with Crippen molar-refractivity contribution in [2.75, 3.05) is 46.0 Å². The van der Waals surface area contributed by atoms with Gasteiger partial charge >= 0.3 is 0 Å². The van der Waals surface area contributed by atoms with Crippen LogP contribution in [-0.2, 0) is 11.2 Å². The Balaban J connectivity index is 1.59. The molecule has 23 heavy (non-hydrogen) atoms. The largest absolute Gasteiger partial charge is 0.399 e. The highest BCUT2D eigenvalue weighted by Gasteiger charge is 2.20. The van der Waals surface area contributed by atoms with Gasteiger partial charge in [-0.05, 0) is 58.1 Å². The fourth-order valence-corrected chi connectivity index (χ4v) is 3.11. The van der Waals surface area contributed by atoms with Gasteiger partial charge in [0.1, 0.15) is 0 Å². The zero-order chi connectivity index (χ0) is 16.7. The number of nitrogens with zero attached hydrogens (tertiary/aromatic N) is 2. The molecule has 5 heteroatoms. The van der Waals surface area contributed by atoms with Crippen LogP contribution in [0.15, 0.2) is 24.3 Å². The molecule has 1 fully saturated rings. The molecule has 0 aliphatic carbocycles. The average Bonchev–Trinajstić information content (AvgIpc) is 2.54. The molecule has 1 aromatic carbocycles. The smallest absolute Gasteiger partial charge is 0.220 e. The minimum absolute atomic E-state index is 0.108. The van der Waals surface area contributed by atoms with Gasteiger partial charge in [-0.3, -0.25) is 4.79 Å². The molecule has 0 spiro atoms. The molecule has 0 saturated carbocycles. The first kappa shape index (κ1) is 17.8. The van der Waals surface area contributed by atoms with E-state index in [4.69, 9.17) is 5.73 Å². The molecule has 0 atom stereocenters. The Morgan fingerprint density at radius 2 is 2.00 bits per heavy atom. The standard InChI is InChI=1S/C18H30N4O/c1-21(2)16-9-12-22(13-10-16)14-11-20-18(23)8-7-15-5-3-4-6-17(15)19/h3-6,16H,7-14,19H2,1-2H3,(H,20,23). The van der Waals surface area contributed by atoms with Crippen molar-refractivity contribution >= 4 is 11.6 Å². The van der Waals surface area contributed by atoms with Crippen molar-refractivity contribution in [3.63, 3.8) is 0 Å². The SMILES string of the molecule is CN(C)C1CCN(CCNC(=O)CCc2ccccc2N)CC1. The summed E-state index contributed by atoms with van der Waals surface area (Å²) < 4.78 is 0. The van der Waals surface area contributed by atoms with E-state index < -0.39 is 0 Å². The number of aryl methyl sites for hydroxylation is 1. The van der Waals surface area contributed by atoms with Crippen molar-refractivity contribution < 1.29 is 4.79 Å². The third-order valence-corrected chi connectivity index (χ3v) is 4.71. The zero-order valence-corrected chi connectivity index (χ0v) is 14.4. The van der Waals surface area contributed by atoms with Gasteiger partial charge in [-0.2, -0.15) is 0 Å². The number of hydrogen-bond acceptors (Lipinski definition) is 4. The number of hydrogen-bond donors (Lipinski definition) is 2. The van der Waals surface area contributed by atoms with Crippen molar-refractivity contribution in [2.45, 2.75) is 31.7 Å². The Bertz CT molecular complexity index is 496. The minimum Gasteiger partial charge on any atom is -0.399 e. The van der Waals surface area contributed by atoms with E-state index in [2.05, 4.69) is 29.2 Å². The summed E-state index contributed by atoms with van der Waals surface area (Å²) >= 11 is 0. The maximum Gasteiger partial charge on any atom is 0.220 e. The molecule has 5 nitrogen and oxygen atoms in total. The van der Waals surface area contributed by atoms with Crippen LogP contribution < -0.4 is 11.1 Å². The first-order valence-electron chi connectivity index (χ1n) is 8.55. The Morgan fingerprint density at radius 3 is 2.65 bits per heavy atom. The van der Waals surface area contributed by atoms with Crippen LogP contribution in [0.3, 0.4) is 0 Å². The molecular weight excluding hydrogens is 288 g/mol.